The zero-order valence-corrected chi connectivity index (χ0v) is 17.3. The van der Waals surface area contributed by atoms with E-state index in [0.29, 0.717) is 24.2 Å². The molecule has 3 N–H and O–H groups in total. The second kappa shape index (κ2) is 7.66. The van der Waals surface area contributed by atoms with Crippen LogP contribution in [-0.2, 0) is 16.8 Å². The number of carbonyl (C=O) groups excluding carboxylic acids is 2. The number of aromatic nitrogens is 1. The molecule has 4 aromatic rings. The van der Waals surface area contributed by atoms with Crippen molar-refractivity contribution < 1.29 is 19.8 Å². The molecule has 1 amide bonds. The summed E-state index contributed by atoms with van der Waals surface area (Å²) in [6.07, 6.45) is 2.09. The molecule has 0 spiro atoms. The maximum absolute atomic E-state index is 13.4. The standard InChI is InChI=1S/C26H22N2O4/c29-23-12-6-2-8-19(23)24(30)15-26(32)20-9-3-5-11-22(20)28(25(26)31)14-13-17-16-27-21-10-4-1-7-18(17)21/h1-12,16,27,29,32H,13-15H2/t26-/m1/s1. The lowest BCUT2D eigenvalue weighted by Gasteiger charge is -2.23. The van der Waals surface area contributed by atoms with Gasteiger partial charge in [-0.15, -0.1) is 0 Å². The minimum Gasteiger partial charge on any atom is -0.507 e. The lowest BCUT2D eigenvalue weighted by atomic mass is 9.88. The number of nitrogens with one attached hydrogen (secondary N) is 1. The molecule has 1 aliphatic rings. The summed E-state index contributed by atoms with van der Waals surface area (Å²) in [6.45, 7) is 0.366. The zero-order chi connectivity index (χ0) is 22.3. The first-order valence-electron chi connectivity index (χ1n) is 10.5. The predicted octanol–water partition coefficient (Wildman–Crippen LogP) is 3.92. The largest absolute Gasteiger partial charge is 0.507 e. The van der Waals surface area contributed by atoms with Crippen molar-refractivity contribution in [2.45, 2.75) is 18.4 Å². The van der Waals surface area contributed by atoms with Crippen molar-refractivity contribution in [1.82, 2.24) is 4.98 Å². The smallest absolute Gasteiger partial charge is 0.264 e. The Kier molecular flexibility index (Phi) is 4.79. The number of aromatic hydroxyl groups is 1. The SMILES string of the molecule is O=C(C[C@]1(O)C(=O)N(CCc2c[nH]c3ccccc23)c2ccccc21)c1ccccc1O. The Morgan fingerprint density at radius 3 is 2.53 bits per heavy atom. The Hall–Kier alpha value is -3.90. The molecule has 32 heavy (non-hydrogen) atoms. The summed E-state index contributed by atoms with van der Waals surface area (Å²) in [7, 11) is 0. The molecule has 1 aromatic heterocycles. The van der Waals surface area contributed by atoms with Gasteiger partial charge in [0.25, 0.3) is 5.91 Å². The van der Waals surface area contributed by atoms with E-state index in [1.807, 2.05) is 30.5 Å². The number of carbonyl (C=O) groups is 2. The number of fused-ring (bicyclic) bond motifs is 2. The van der Waals surface area contributed by atoms with Gasteiger partial charge in [-0.2, -0.15) is 0 Å². The first-order valence-corrected chi connectivity index (χ1v) is 10.5. The number of anilines is 1. The van der Waals surface area contributed by atoms with Crippen LogP contribution in [0.15, 0.2) is 79.0 Å². The first kappa shape index (κ1) is 20.0. The van der Waals surface area contributed by atoms with Crippen LogP contribution in [0.1, 0.15) is 27.9 Å². The number of aromatic amines is 1. The highest BCUT2D eigenvalue weighted by Gasteiger charge is 2.50. The van der Waals surface area contributed by atoms with Gasteiger partial charge in [0.05, 0.1) is 17.7 Å². The van der Waals surface area contributed by atoms with Crippen molar-refractivity contribution >= 4 is 28.3 Å². The summed E-state index contributed by atoms with van der Waals surface area (Å²) in [4.78, 5) is 31.1. The van der Waals surface area contributed by atoms with Gasteiger partial charge >= 0.3 is 0 Å². The van der Waals surface area contributed by atoms with Gasteiger partial charge < -0.3 is 20.1 Å². The minimum absolute atomic E-state index is 0.0865. The lowest BCUT2D eigenvalue weighted by Crippen LogP contribution is -2.42. The minimum atomic E-state index is -1.98. The van der Waals surface area contributed by atoms with Gasteiger partial charge in [0.2, 0.25) is 0 Å². The normalized spacial score (nSPS) is 17.7. The highest BCUT2D eigenvalue weighted by Crippen LogP contribution is 2.43. The van der Waals surface area contributed by atoms with Gasteiger partial charge in [-0.25, -0.2) is 0 Å². The highest BCUT2D eigenvalue weighted by molar-refractivity contribution is 6.11. The molecule has 0 saturated heterocycles. The van der Waals surface area contributed by atoms with Crippen LogP contribution in [0, 0.1) is 0 Å². The molecular weight excluding hydrogens is 404 g/mol. The molecular formula is C26H22N2O4. The number of H-pyrrole nitrogens is 1. The molecule has 0 bridgehead atoms. The third-order valence-electron chi connectivity index (χ3n) is 6.14. The maximum atomic E-state index is 13.4. The lowest BCUT2D eigenvalue weighted by molar-refractivity contribution is -0.135. The number of para-hydroxylation sites is 3. The van der Waals surface area contributed by atoms with Gasteiger partial charge in [-0.3, -0.25) is 9.59 Å². The molecule has 3 aromatic carbocycles. The number of amides is 1. The van der Waals surface area contributed by atoms with Gasteiger partial charge in [-0.05, 0) is 36.2 Å². The first-order chi connectivity index (χ1) is 15.5. The van der Waals surface area contributed by atoms with Crippen LogP contribution in [0.3, 0.4) is 0 Å². The molecule has 6 nitrogen and oxygen atoms in total. The molecule has 0 radical (unpaired) electrons. The average molecular weight is 426 g/mol. The Balaban J connectivity index is 1.44. The van der Waals surface area contributed by atoms with E-state index in [1.165, 1.54) is 12.1 Å². The molecule has 1 atom stereocenters. The van der Waals surface area contributed by atoms with E-state index < -0.39 is 23.7 Å². The molecule has 2 heterocycles. The second-order valence-electron chi connectivity index (χ2n) is 8.06. The average Bonchev–Trinajstić information content (AvgIpc) is 3.30. The molecule has 6 heteroatoms. The van der Waals surface area contributed by atoms with Crippen molar-refractivity contribution in [3.63, 3.8) is 0 Å². The number of aliphatic hydroxyl groups is 1. The summed E-state index contributed by atoms with van der Waals surface area (Å²) in [5.74, 6) is -1.19. The third kappa shape index (κ3) is 3.16. The Morgan fingerprint density at radius 1 is 0.969 bits per heavy atom. The summed E-state index contributed by atoms with van der Waals surface area (Å²) >= 11 is 0. The number of phenols is 1. The molecule has 5 rings (SSSR count). The van der Waals surface area contributed by atoms with Crippen LogP contribution in [0.5, 0.6) is 5.75 Å². The fourth-order valence-electron chi connectivity index (χ4n) is 4.51. The number of nitrogens with zero attached hydrogens (tertiary/aromatic N) is 1. The van der Waals surface area contributed by atoms with E-state index in [4.69, 9.17) is 0 Å². The van der Waals surface area contributed by atoms with Crippen molar-refractivity contribution in [2.24, 2.45) is 0 Å². The summed E-state index contributed by atoms with van der Waals surface area (Å²) in [5, 5.41) is 22.6. The zero-order valence-electron chi connectivity index (χ0n) is 17.3. The van der Waals surface area contributed by atoms with Crippen LogP contribution >= 0.6 is 0 Å². The van der Waals surface area contributed by atoms with Gasteiger partial charge in [-0.1, -0.05) is 48.5 Å². The highest BCUT2D eigenvalue weighted by atomic mass is 16.3. The number of rotatable bonds is 6. The van der Waals surface area contributed by atoms with Crippen molar-refractivity contribution in [2.75, 3.05) is 11.4 Å². The number of hydrogen-bond donors (Lipinski definition) is 3. The summed E-state index contributed by atoms with van der Waals surface area (Å²) < 4.78 is 0. The summed E-state index contributed by atoms with van der Waals surface area (Å²) in [5.41, 5.74) is 1.23. The van der Waals surface area contributed by atoms with E-state index in [0.717, 1.165) is 16.5 Å². The molecule has 1 aliphatic heterocycles. The van der Waals surface area contributed by atoms with E-state index in [-0.39, 0.29) is 11.3 Å². The van der Waals surface area contributed by atoms with Crippen molar-refractivity contribution in [3.05, 3.63) is 95.7 Å². The Labute approximate surface area is 184 Å². The molecule has 0 unspecified atom stereocenters. The van der Waals surface area contributed by atoms with Crippen molar-refractivity contribution in [3.8, 4) is 5.75 Å². The molecule has 0 fully saturated rings. The van der Waals surface area contributed by atoms with E-state index in [2.05, 4.69) is 4.98 Å². The number of Topliss-reactive ketones (excluding diaryl/α,β-unsaturated/α-hetero) is 1. The predicted molar refractivity (Wildman–Crippen MR) is 122 cm³/mol. The van der Waals surface area contributed by atoms with Crippen LogP contribution in [0.2, 0.25) is 0 Å². The topological polar surface area (TPSA) is 93.6 Å². The molecule has 160 valence electrons. The van der Waals surface area contributed by atoms with Crippen LogP contribution < -0.4 is 4.90 Å². The van der Waals surface area contributed by atoms with Gasteiger partial charge in [0.15, 0.2) is 11.4 Å². The Morgan fingerprint density at radius 2 is 1.69 bits per heavy atom. The van der Waals surface area contributed by atoms with Crippen molar-refractivity contribution in [1.29, 1.82) is 0 Å². The van der Waals surface area contributed by atoms with E-state index in [1.54, 1.807) is 41.3 Å². The summed E-state index contributed by atoms with van der Waals surface area (Å²) in [6, 6.07) is 21.1. The number of ketones is 1. The quantitative estimate of drug-likeness (QED) is 0.407. The van der Waals surface area contributed by atoms with Crippen LogP contribution in [0.4, 0.5) is 5.69 Å². The maximum Gasteiger partial charge on any atom is 0.264 e. The monoisotopic (exact) mass is 426 g/mol. The number of phenolic OH excluding ortho intramolecular Hbond substituents is 1. The number of benzene rings is 3. The van der Waals surface area contributed by atoms with Crippen LogP contribution in [-0.4, -0.2) is 33.4 Å². The fraction of sp³-hybridized carbons (Fsp3) is 0.154. The molecule has 0 aliphatic carbocycles. The van der Waals surface area contributed by atoms with E-state index in [9.17, 15) is 19.8 Å². The van der Waals surface area contributed by atoms with Gasteiger partial charge in [0.1, 0.15) is 5.75 Å². The Bertz CT molecular complexity index is 1340. The second-order valence-corrected chi connectivity index (χ2v) is 8.06. The van der Waals surface area contributed by atoms with Gasteiger partial charge in [0, 0.05) is 29.2 Å². The fourth-order valence-corrected chi connectivity index (χ4v) is 4.51. The van der Waals surface area contributed by atoms with Crippen LogP contribution in [0.25, 0.3) is 10.9 Å². The number of hydrogen-bond acceptors (Lipinski definition) is 4. The molecule has 0 saturated carbocycles. The third-order valence-corrected chi connectivity index (χ3v) is 6.14. The van der Waals surface area contributed by atoms with E-state index >= 15 is 0 Å².